The molecular weight excluding hydrogens is 268 g/mol. The van der Waals surface area contributed by atoms with Crippen molar-refractivity contribution in [2.75, 3.05) is 17.2 Å². The normalized spacial score (nSPS) is 22.9. The fourth-order valence-corrected chi connectivity index (χ4v) is 1.79. The van der Waals surface area contributed by atoms with Gasteiger partial charge in [0.25, 0.3) is 0 Å². The molecule has 0 spiro atoms. The summed E-state index contributed by atoms with van der Waals surface area (Å²) < 4.78 is 0.925. The van der Waals surface area contributed by atoms with Gasteiger partial charge >= 0.3 is 0 Å². The molecule has 0 bridgehead atoms. The highest BCUT2D eigenvalue weighted by Gasteiger charge is 2.33. The minimum Gasteiger partial charge on any atom is -0.366 e. The van der Waals surface area contributed by atoms with Gasteiger partial charge in [0.05, 0.1) is 4.47 Å². The van der Waals surface area contributed by atoms with Gasteiger partial charge in [0.1, 0.15) is 5.82 Å². The minimum atomic E-state index is 0.574. The standard InChI is InChI=1S/C11H17BrN4/c1-3-4-13-11-14-6-8(12)10(16-11)15-9-5-7(9)2/h6-7,9H,3-5H2,1-2H3,(H2,13,14,15,16). The lowest BCUT2D eigenvalue weighted by molar-refractivity contribution is 0.915. The molecule has 2 unspecified atom stereocenters. The Bertz CT molecular complexity index is 369. The molecule has 5 heteroatoms. The van der Waals surface area contributed by atoms with E-state index < -0.39 is 0 Å². The van der Waals surface area contributed by atoms with E-state index in [1.807, 2.05) is 0 Å². The van der Waals surface area contributed by atoms with E-state index in [0.717, 1.165) is 29.2 Å². The van der Waals surface area contributed by atoms with Crippen molar-refractivity contribution in [1.82, 2.24) is 9.97 Å². The number of hydrogen-bond acceptors (Lipinski definition) is 4. The number of aromatic nitrogens is 2. The average molecular weight is 285 g/mol. The Morgan fingerprint density at radius 2 is 2.31 bits per heavy atom. The van der Waals surface area contributed by atoms with Crippen LogP contribution < -0.4 is 10.6 Å². The summed E-state index contributed by atoms with van der Waals surface area (Å²) in [6.45, 7) is 5.26. The summed E-state index contributed by atoms with van der Waals surface area (Å²) >= 11 is 3.46. The smallest absolute Gasteiger partial charge is 0.224 e. The highest BCUT2D eigenvalue weighted by Crippen LogP contribution is 2.34. The van der Waals surface area contributed by atoms with E-state index in [9.17, 15) is 0 Å². The first-order valence-corrected chi connectivity index (χ1v) is 6.53. The summed E-state index contributed by atoms with van der Waals surface area (Å²) in [7, 11) is 0. The highest BCUT2D eigenvalue weighted by atomic mass is 79.9. The molecule has 1 heterocycles. The van der Waals surface area contributed by atoms with Crippen LogP contribution in [0, 0.1) is 5.92 Å². The zero-order valence-electron chi connectivity index (χ0n) is 9.63. The third kappa shape index (κ3) is 2.84. The predicted octanol–water partition coefficient (Wildman–Crippen LogP) is 2.88. The Hall–Kier alpha value is -0.840. The molecule has 1 fully saturated rings. The van der Waals surface area contributed by atoms with Crippen molar-refractivity contribution in [2.45, 2.75) is 32.7 Å². The van der Waals surface area contributed by atoms with E-state index in [1.165, 1.54) is 6.42 Å². The molecule has 2 rings (SSSR count). The second-order valence-electron chi connectivity index (χ2n) is 4.28. The molecule has 0 radical (unpaired) electrons. The number of nitrogens with one attached hydrogen (secondary N) is 2. The van der Waals surface area contributed by atoms with Crippen LogP contribution in [0.25, 0.3) is 0 Å². The van der Waals surface area contributed by atoms with Gasteiger partial charge in [-0.1, -0.05) is 13.8 Å². The van der Waals surface area contributed by atoms with Gasteiger partial charge in [-0.2, -0.15) is 4.98 Å². The Labute approximate surface area is 104 Å². The van der Waals surface area contributed by atoms with Crippen LogP contribution in [0.15, 0.2) is 10.7 Å². The first-order valence-electron chi connectivity index (χ1n) is 5.73. The lowest BCUT2D eigenvalue weighted by atomic mass is 10.4. The van der Waals surface area contributed by atoms with Crippen molar-refractivity contribution in [3.63, 3.8) is 0 Å². The zero-order valence-corrected chi connectivity index (χ0v) is 11.2. The SMILES string of the molecule is CCCNc1ncc(Br)c(NC2CC2C)n1. The van der Waals surface area contributed by atoms with E-state index in [0.29, 0.717) is 12.0 Å². The summed E-state index contributed by atoms with van der Waals surface area (Å²) in [5.41, 5.74) is 0. The summed E-state index contributed by atoms with van der Waals surface area (Å²) in [4.78, 5) is 8.66. The molecule has 1 aliphatic carbocycles. The van der Waals surface area contributed by atoms with Crippen LogP contribution in [-0.4, -0.2) is 22.6 Å². The van der Waals surface area contributed by atoms with Crippen molar-refractivity contribution < 1.29 is 0 Å². The number of rotatable bonds is 5. The van der Waals surface area contributed by atoms with Gasteiger partial charge < -0.3 is 10.6 Å². The van der Waals surface area contributed by atoms with Crippen LogP contribution in [0.2, 0.25) is 0 Å². The Balaban J connectivity index is 2.03. The highest BCUT2D eigenvalue weighted by molar-refractivity contribution is 9.10. The van der Waals surface area contributed by atoms with Gasteiger partial charge in [-0.05, 0) is 34.7 Å². The molecular formula is C11H17BrN4. The molecule has 88 valence electrons. The molecule has 1 aromatic heterocycles. The van der Waals surface area contributed by atoms with Crippen LogP contribution in [0.3, 0.4) is 0 Å². The lowest BCUT2D eigenvalue weighted by Gasteiger charge is -2.09. The number of hydrogen-bond donors (Lipinski definition) is 2. The lowest BCUT2D eigenvalue weighted by Crippen LogP contribution is -2.10. The van der Waals surface area contributed by atoms with E-state index in [1.54, 1.807) is 6.20 Å². The molecule has 4 nitrogen and oxygen atoms in total. The number of anilines is 2. The zero-order chi connectivity index (χ0) is 11.5. The second-order valence-corrected chi connectivity index (χ2v) is 5.14. The van der Waals surface area contributed by atoms with Gasteiger partial charge in [0, 0.05) is 18.8 Å². The van der Waals surface area contributed by atoms with Gasteiger partial charge in [0.2, 0.25) is 5.95 Å². The molecule has 2 atom stereocenters. The molecule has 0 aliphatic heterocycles. The van der Waals surface area contributed by atoms with Crippen LogP contribution in [0.1, 0.15) is 26.7 Å². The maximum atomic E-state index is 4.44. The summed E-state index contributed by atoms with van der Waals surface area (Å²) in [5, 5.41) is 6.60. The summed E-state index contributed by atoms with van der Waals surface area (Å²) in [6, 6.07) is 0.574. The van der Waals surface area contributed by atoms with Crippen LogP contribution in [0.4, 0.5) is 11.8 Å². The largest absolute Gasteiger partial charge is 0.366 e. The summed E-state index contributed by atoms with van der Waals surface area (Å²) in [6.07, 6.45) is 4.09. The first kappa shape index (κ1) is 11.6. The maximum Gasteiger partial charge on any atom is 0.224 e. The van der Waals surface area contributed by atoms with Crippen molar-refractivity contribution in [1.29, 1.82) is 0 Å². The first-order chi connectivity index (χ1) is 7.70. The second kappa shape index (κ2) is 4.99. The Kier molecular flexibility index (Phi) is 3.63. The van der Waals surface area contributed by atoms with Gasteiger partial charge in [-0.25, -0.2) is 4.98 Å². The molecule has 1 aromatic rings. The van der Waals surface area contributed by atoms with E-state index >= 15 is 0 Å². The predicted molar refractivity (Wildman–Crippen MR) is 69.7 cm³/mol. The number of halogens is 1. The third-order valence-corrected chi connectivity index (χ3v) is 3.29. The topological polar surface area (TPSA) is 49.8 Å². The molecule has 0 aromatic carbocycles. The van der Waals surface area contributed by atoms with E-state index in [4.69, 9.17) is 0 Å². The Morgan fingerprint density at radius 1 is 1.56 bits per heavy atom. The van der Waals surface area contributed by atoms with Gasteiger partial charge in [0.15, 0.2) is 0 Å². The fraction of sp³-hybridized carbons (Fsp3) is 0.636. The molecule has 0 saturated heterocycles. The molecule has 2 N–H and O–H groups in total. The minimum absolute atomic E-state index is 0.574. The maximum absolute atomic E-state index is 4.44. The molecule has 0 amide bonds. The summed E-state index contributed by atoms with van der Waals surface area (Å²) in [5.74, 6) is 2.35. The van der Waals surface area contributed by atoms with E-state index in [2.05, 4.69) is 50.4 Å². The molecule has 1 saturated carbocycles. The fourth-order valence-electron chi connectivity index (χ4n) is 1.49. The van der Waals surface area contributed by atoms with Gasteiger partial charge in [-0.3, -0.25) is 0 Å². The molecule has 16 heavy (non-hydrogen) atoms. The van der Waals surface area contributed by atoms with Crippen LogP contribution >= 0.6 is 15.9 Å². The quantitative estimate of drug-likeness (QED) is 0.873. The number of nitrogens with zero attached hydrogens (tertiary/aromatic N) is 2. The van der Waals surface area contributed by atoms with Crippen molar-refractivity contribution in [3.05, 3.63) is 10.7 Å². The molecule has 1 aliphatic rings. The van der Waals surface area contributed by atoms with Crippen molar-refractivity contribution in [2.24, 2.45) is 5.92 Å². The Morgan fingerprint density at radius 3 is 2.94 bits per heavy atom. The average Bonchev–Trinajstić information content (AvgIpc) is 2.95. The van der Waals surface area contributed by atoms with Crippen molar-refractivity contribution >= 4 is 27.7 Å². The van der Waals surface area contributed by atoms with E-state index in [-0.39, 0.29) is 0 Å². The monoisotopic (exact) mass is 284 g/mol. The third-order valence-electron chi connectivity index (χ3n) is 2.71. The van der Waals surface area contributed by atoms with Crippen LogP contribution in [-0.2, 0) is 0 Å². The van der Waals surface area contributed by atoms with Gasteiger partial charge in [-0.15, -0.1) is 0 Å². The van der Waals surface area contributed by atoms with Crippen molar-refractivity contribution in [3.8, 4) is 0 Å². The van der Waals surface area contributed by atoms with Crippen LogP contribution in [0.5, 0.6) is 0 Å².